The average molecular weight is 421 g/mol. The van der Waals surface area contributed by atoms with Crippen molar-refractivity contribution in [1.82, 2.24) is 5.01 Å². The topological polar surface area (TPSA) is 43.3 Å². The van der Waals surface area contributed by atoms with Crippen molar-refractivity contribution in [3.63, 3.8) is 0 Å². The molecular weight excluding hydrogens is 400 g/mol. The van der Waals surface area contributed by atoms with Crippen LogP contribution in [0.5, 0.6) is 17.2 Å². The average Bonchev–Trinajstić information content (AvgIpc) is 3.24. The highest BCUT2D eigenvalue weighted by atomic mass is 35.5. The molecule has 2 heterocycles. The van der Waals surface area contributed by atoms with Crippen molar-refractivity contribution in [3.05, 3.63) is 88.4 Å². The number of nitrogens with zero attached hydrogens (tertiary/aromatic N) is 2. The Hall–Kier alpha value is -3.18. The monoisotopic (exact) mass is 420 g/mol. The molecule has 2 aliphatic rings. The maximum Gasteiger partial charge on any atom is 0.213 e. The minimum Gasteiger partial charge on any atom is -0.497 e. The second kappa shape index (κ2) is 7.58. The Morgan fingerprint density at radius 1 is 0.933 bits per heavy atom. The number of hydrogen-bond acceptors (Lipinski definition) is 5. The Kier molecular flexibility index (Phi) is 4.75. The predicted molar refractivity (Wildman–Crippen MR) is 117 cm³/mol. The summed E-state index contributed by atoms with van der Waals surface area (Å²) in [7, 11) is 3.33. The zero-order chi connectivity index (χ0) is 20.7. The number of hydrazone groups is 1. The lowest BCUT2D eigenvalue weighted by Gasteiger charge is -2.38. The third-order valence-corrected chi connectivity index (χ3v) is 5.81. The zero-order valence-corrected chi connectivity index (χ0v) is 17.5. The van der Waals surface area contributed by atoms with Crippen molar-refractivity contribution in [2.24, 2.45) is 5.10 Å². The van der Waals surface area contributed by atoms with Crippen molar-refractivity contribution < 1.29 is 14.2 Å². The molecule has 5 rings (SSSR count). The standard InChI is InChI=1S/C24H21ClN2O3/c1-28-18-8-3-15(4-9-18)21-14-22-20-13-17(25)7-12-23(20)30-24(27(22)26-21)16-5-10-19(29-2)11-6-16/h3-13,22,24H,14H2,1-2H3/t22-,24-/m1/s1. The summed E-state index contributed by atoms with van der Waals surface area (Å²) in [6.45, 7) is 0. The number of benzene rings is 3. The molecule has 0 amide bonds. The van der Waals surface area contributed by atoms with E-state index in [1.807, 2.05) is 71.7 Å². The van der Waals surface area contributed by atoms with Gasteiger partial charge in [0.05, 0.1) is 26.0 Å². The van der Waals surface area contributed by atoms with Crippen LogP contribution in [-0.4, -0.2) is 24.9 Å². The maximum absolute atomic E-state index is 6.38. The van der Waals surface area contributed by atoms with Gasteiger partial charge in [-0.25, -0.2) is 5.01 Å². The SMILES string of the molecule is COc1ccc(C2=NN3[C@H](C2)c2cc(Cl)ccc2O[C@@H]3c2ccc(OC)cc2)cc1. The molecule has 0 saturated heterocycles. The lowest BCUT2D eigenvalue weighted by Crippen LogP contribution is -2.33. The number of rotatable bonds is 4. The van der Waals surface area contributed by atoms with Crippen LogP contribution in [0.2, 0.25) is 5.02 Å². The van der Waals surface area contributed by atoms with Crippen LogP contribution in [-0.2, 0) is 0 Å². The van der Waals surface area contributed by atoms with Gasteiger partial charge in [-0.2, -0.15) is 5.10 Å². The molecule has 5 nitrogen and oxygen atoms in total. The Morgan fingerprint density at radius 3 is 2.27 bits per heavy atom. The fourth-order valence-electron chi connectivity index (χ4n) is 4.00. The van der Waals surface area contributed by atoms with E-state index < -0.39 is 0 Å². The van der Waals surface area contributed by atoms with Gasteiger partial charge >= 0.3 is 0 Å². The van der Waals surface area contributed by atoms with Gasteiger partial charge in [-0.15, -0.1) is 0 Å². The lowest BCUT2D eigenvalue weighted by atomic mass is 9.96. The fraction of sp³-hybridized carbons (Fsp3) is 0.208. The van der Waals surface area contributed by atoms with Gasteiger partial charge in [0.1, 0.15) is 17.2 Å². The molecule has 0 fully saturated rings. The first kappa shape index (κ1) is 18.8. The van der Waals surface area contributed by atoms with Crippen LogP contribution in [0.15, 0.2) is 71.8 Å². The van der Waals surface area contributed by atoms with Crippen molar-refractivity contribution in [1.29, 1.82) is 0 Å². The van der Waals surface area contributed by atoms with Gasteiger partial charge in [0.25, 0.3) is 0 Å². The highest BCUT2D eigenvalue weighted by Crippen LogP contribution is 2.48. The molecule has 152 valence electrons. The summed E-state index contributed by atoms with van der Waals surface area (Å²) in [6, 6.07) is 21.7. The third-order valence-electron chi connectivity index (χ3n) is 5.58. The van der Waals surface area contributed by atoms with Crippen molar-refractivity contribution in [3.8, 4) is 17.2 Å². The van der Waals surface area contributed by atoms with E-state index in [9.17, 15) is 0 Å². The van der Waals surface area contributed by atoms with E-state index in [1.165, 1.54) is 0 Å². The number of fused-ring (bicyclic) bond motifs is 3. The van der Waals surface area contributed by atoms with E-state index in [1.54, 1.807) is 14.2 Å². The number of ether oxygens (including phenoxy) is 3. The minimum atomic E-state index is -0.328. The number of halogens is 1. The largest absolute Gasteiger partial charge is 0.497 e. The third kappa shape index (κ3) is 3.25. The van der Waals surface area contributed by atoms with Gasteiger partial charge in [0.15, 0.2) is 0 Å². The van der Waals surface area contributed by atoms with E-state index >= 15 is 0 Å². The van der Waals surface area contributed by atoms with Crippen LogP contribution in [0, 0.1) is 0 Å². The van der Waals surface area contributed by atoms with E-state index in [0.717, 1.165) is 46.1 Å². The fourth-order valence-corrected chi connectivity index (χ4v) is 4.19. The first-order chi connectivity index (χ1) is 14.7. The summed E-state index contributed by atoms with van der Waals surface area (Å²) in [5, 5.41) is 7.71. The van der Waals surface area contributed by atoms with Gasteiger partial charge in [-0.05, 0) is 72.3 Å². The first-order valence-corrected chi connectivity index (χ1v) is 10.1. The Balaban J connectivity index is 1.56. The highest BCUT2D eigenvalue weighted by molar-refractivity contribution is 6.30. The summed E-state index contributed by atoms with van der Waals surface area (Å²) in [5.41, 5.74) is 4.15. The molecule has 0 aliphatic carbocycles. The molecule has 0 aromatic heterocycles. The van der Waals surface area contributed by atoms with Crippen LogP contribution in [0.4, 0.5) is 0 Å². The smallest absolute Gasteiger partial charge is 0.213 e. The minimum absolute atomic E-state index is 0.0525. The van der Waals surface area contributed by atoms with Crippen molar-refractivity contribution in [2.75, 3.05) is 14.2 Å². The molecule has 2 aliphatic heterocycles. The van der Waals surface area contributed by atoms with Crippen molar-refractivity contribution in [2.45, 2.75) is 18.7 Å². The van der Waals surface area contributed by atoms with Crippen LogP contribution < -0.4 is 14.2 Å². The van der Waals surface area contributed by atoms with Gasteiger partial charge in [-0.3, -0.25) is 0 Å². The second-order valence-corrected chi connectivity index (χ2v) is 7.74. The molecule has 0 N–H and O–H groups in total. The highest BCUT2D eigenvalue weighted by Gasteiger charge is 2.41. The van der Waals surface area contributed by atoms with Crippen LogP contribution >= 0.6 is 11.6 Å². The van der Waals surface area contributed by atoms with E-state index in [4.69, 9.17) is 30.9 Å². The lowest BCUT2D eigenvalue weighted by molar-refractivity contribution is -0.0190. The summed E-state index contributed by atoms with van der Waals surface area (Å²) in [5.74, 6) is 2.47. The Labute approximate surface area is 180 Å². The van der Waals surface area contributed by atoms with E-state index in [2.05, 4.69) is 0 Å². The van der Waals surface area contributed by atoms with Crippen molar-refractivity contribution >= 4 is 17.3 Å². The van der Waals surface area contributed by atoms with Crippen LogP contribution in [0.3, 0.4) is 0 Å². The van der Waals surface area contributed by atoms with Gasteiger partial charge in [0, 0.05) is 22.6 Å². The van der Waals surface area contributed by atoms with Crippen LogP contribution in [0.1, 0.15) is 35.4 Å². The van der Waals surface area contributed by atoms with Gasteiger partial charge in [0.2, 0.25) is 6.23 Å². The van der Waals surface area contributed by atoms with E-state index in [0.29, 0.717) is 5.02 Å². The number of methoxy groups -OCH3 is 2. The zero-order valence-electron chi connectivity index (χ0n) is 16.7. The number of hydrogen-bond donors (Lipinski definition) is 0. The first-order valence-electron chi connectivity index (χ1n) is 9.76. The predicted octanol–water partition coefficient (Wildman–Crippen LogP) is 5.60. The Morgan fingerprint density at radius 2 is 1.60 bits per heavy atom. The molecule has 2 atom stereocenters. The summed E-state index contributed by atoms with van der Waals surface area (Å²) >= 11 is 6.30. The molecule has 0 radical (unpaired) electrons. The summed E-state index contributed by atoms with van der Waals surface area (Å²) in [6.07, 6.45) is 0.445. The Bertz CT molecular complexity index is 1100. The second-order valence-electron chi connectivity index (χ2n) is 7.30. The molecule has 0 saturated carbocycles. The van der Waals surface area contributed by atoms with Gasteiger partial charge < -0.3 is 14.2 Å². The maximum atomic E-state index is 6.38. The summed E-state index contributed by atoms with van der Waals surface area (Å²) in [4.78, 5) is 0. The molecule has 6 heteroatoms. The normalized spacial score (nSPS) is 19.4. The molecule has 0 unspecified atom stereocenters. The molecule has 0 bridgehead atoms. The molecule has 3 aromatic carbocycles. The van der Waals surface area contributed by atoms with Gasteiger partial charge in [-0.1, -0.05) is 11.6 Å². The molecule has 30 heavy (non-hydrogen) atoms. The molecular formula is C24H21ClN2O3. The van der Waals surface area contributed by atoms with E-state index in [-0.39, 0.29) is 12.3 Å². The molecule has 0 spiro atoms. The molecule has 3 aromatic rings. The van der Waals surface area contributed by atoms with Crippen LogP contribution in [0.25, 0.3) is 0 Å². The summed E-state index contributed by atoms with van der Waals surface area (Å²) < 4.78 is 17.0. The quantitative estimate of drug-likeness (QED) is 0.551.